The number of hydrogen-bond acceptors (Lipinski definition) is 3. The second-order valence-corrected chi connectivity index (χ2v) is 3.99. The minimum Gasteiger partial charge on any atom is -0.478 e. The molecular weight excluding hydrogens is 242 g/mol. The third kappa shape index (κ3) is 3.67. The molecule has 1 N–H and O–H groups in total. The zero-order valence-corrected chi connectivity index (χ0v) is 10.4. The van der Waals surface area contributed by atoms with Crippen LogP contribution in [0.25, 0.3) is 6.08 Å². The molecule has 4 heteroatoms. The van der Waals surface area contributed by atoms with Crippen LogP contribution in [-0.4, -0.2) is 16.1 Å². The third-order valence-electron chi connectivity index (χ3n) is 2.49. The fourth-order valence-electron chi connectivity index (χ4n) is 1.53. The summed E-state index contributed by atoms with van der Waals surface area (Å²) >= 11 is 0. The average Bonchev–Trinajstić information content (AvgIpc) is 2.41. The quantitative estimate of drug-likeness (QED) is 0.852. The molecule has 0 aliphatic rings. The number of aryl methyl sites for hydroxylation is 1. The molecular formula is C15H13NO3. The van der Waals surface area contributed by atoms with Gasteiger partial charge in [0.15, 0.2) is 0 Å². The molecule has 1 aromatic carbocycles. The molecule has 96 valence electrons. The number of carbonyl (C=O) groups is 1. The Bertz CT molecular complexity index is 606. The van der Waals surface area contributed by atoms with E-state index in [1.165, 1.54) is 6.08 Å². The topological polar surface area (TPSA) is 59.4 Å². The zero-order chi connectivity index (χ0) is 13.7. The Balaban J connectivity index is 2.25. The highest BCUT2D eigenvalue weighted by Gasteiger charge is 2.02. The number of ether oxygens (including phenoxy) is 1. The summed E-state index contributed by atoms with van der Waals surface area (Å²) in [5.41, 5.74) is 1.74. The minimum absolute atomic E-state index is 0.643. The Hall–Kier alpha value is -2.62. The zero-order valence-electron chi connectivity index (χ0n) is 10.4. The van der Waals surface area contributed by atoms with E-state index in [1.807, 2.05) is 25.1 Å². The number of pyridine rings is 1. The van der Waals surface area contributed by atoms with Crippen LogP contribution in [0.4, 0.5) is 0 Å². The van der Waals surface area contributed by atoms with Crippen molar-refractivity contribution in [3.05, 3.63) is 59.9 Å². The van der Waals surface area contributed by atoms with Gasteiger partial charge in [-0.1, -0.05) is 12.1 Å². The van der Waals surface area contributed by atoms with Crippen LogP contribution in [-0.2, 0) is 4.79 Å². The van der Waals surface area contributed by atoms with Crippen LogP contribution >= 0.6 is 0 Å². The lowest BCUT2D eigenvalue weighted by molar-refractivity contribution is -0.131. The molecule has 0 amide bonds. The van der Waals surface area contributed by atoms with E-state index in [0.29, 0.717) is 11.5 Å². The van der Waals surface area contributed by atoms with Gasteiger partial charge in [0.2, 0.25) is 0 Å². The Morgan fingerprint density at radius 2 is 2.21 bits per heavy atom. The molecule has 0 saturated heterocycles. The molecule has 0 atom stereocenters. The van der Waals surface area contributed by atoms with E-state index in [2.05, 4.69) is 4.98 Å². The Morgan fingerprint density at radius 1 is 1.37 bits per heavy atom. The predicted molar refractivity (Wildman–Crippen MR) is 72.2 cm³/mol. The summed E-state index contributed by atoms with van der Waals surface area (Å²) in [7, 11) is 0. The Kier molecular flexibility index (Phi) is 3.93. The summed E-state index contributed by atoms with van der Waals surface area (Å²) in [4.78, 5) is 14.5. The van der Waals surface area contributed by atoms with Gasteiger partial charge in [-0.3, -0.25) is 4.98 Å². The second-order valence-electron chi connectivity index (χ2n) is 3.99. The van der Waals surface area contributed by atoms with Gasteiger partial charge >= 0.3 is 5.97 Å². The summed E-state index contributed by atoms with van der Waals surface area (Å²) in [5, 5.41) is 8.61. The maximum atomic E-state index is 10.5. The number of benzene rings is 1. The minimum atomic E-state index is -0.977. The normalized spacial score (nSPS) is 10.6. The van der Waals surface area contributed by atoms with Gasteiger partial charge in [0.05, 0.1) is 6.20 Å². The summed E-state index contributed by atoms with van der Waals surface area (Å²) in [6, 6.07) is 9.12. The van der Waals surface area contributed by atoms with Gasteiger partial charge in [0.25, 0.3) is 0 Å². The summed E-state index contributed by atoms with van der Waals surface area (Å²) in [6.45, 7) is 1.93. The van der Waals surface area contributed by atoms with Gasteiger partial charge in [-0.2, -0.15) is 0 Å². The van der Waals surface area contributed by atoms with Crippen molar-refractivity contribution in [2.24, 2.45) is 0 Å². The van der Waals surface area contributed by atoms with Crippen LogP contribution in [0.3, 0.4) is 0 Å². The average molecular weight is 255 g/mol. The van der Waals surface area contributed by atoms with E-state index in [1.54, 1.807) is 24.5 Å². The van der Waals surface area contributed by atoms with Crippen molar-refractivity contribution in [3.8, 4) is 11.5 Å². The fourth-order valence-corrected chi connectivity index (χ4v) is 1.53. The van der Waals surface area contributed by atoms with Crippen molar-refractivity contribution in [2.75, 3.05) is 0 Å². The first-order valence-corrected chi connectivity index (χ1v) is 5.75. The molecule has 0 unspecified atom stereocenters. The molecule has 4 nitrogen and oxygen atoms in total. The summed E-state index contributed by atoms with van der Waals surface area (Å²) < 4.78 is 5.71. The van der Waals surface area contributed by atoms with Gasteiger partial charge in [-0.25, -0.2) is 4.79 Å². The number of rotatable bonds is 4. The number of aromatic nitrogens is 1. The van der Waals surface area contributed by atoms with E-state index >= 15 is 0 Å². The van der Waals surface area contributed by atoms with Crippen molar-refractivity contribution in [1.29, 1.82) is 0 Å². The predicted octanol–water partition coefficient (Wildman–Crippen LogP) is 3.28. The lowest BCUT2D eigenvalue weighted by atomic mass is 10.1. The van der Waals surface area contributed by atoms with Crippen LogP contribution < -0.4 is 4.74 Å². The number of aliphatic carboxylic acids is 1. The van der Waals surface area contributed by atoms with Gasteiger partial charge in [0.1, 0.15) is 11.5 Å². The van der Waals surface area contributed by atoms with Gasteiger partial charge in [-0.15, -0.1) is 0 Å². The lowest BCUT2D eigenvalue weighted by Crippen LogP contribution is -1.90. The molecule has 0 radical (unpaired) electrons. The molecule has 2 rings (SSSR count). The van der Waals surface area contributed by atoms with Gasteiger partial charge < -0.3 is 9.84 Å². The first-order valence-electron chi connectivity index (χ1n) is 5.75. The van der Waals surface area contributed by atoms with E-state index in [-0.39, 0.29) is 0 Å². The van der Waals surface area contributed by atoms with Crippen molar-refractivity contribution < 1.29 is 14.6 Å². The van der Waals surface area contributed by atoms with Crippen LogP contribution in [0.2, 0.25) is 0 Å². The number of nitrogens with zero attached hydrogens (tertiary/aromatic N) is 1. The monoisotopic (exact) mass is 255 g/mol. The van der Waals surface area contributed by atoms with E-state index in [4.69, 9.17) is 9.84 Å². The van der Waals surface area contributed by atoms with Crippen molar-refractivity contribution in [1.82, 2.24) is 4.98 Å². The summed E-state index contributed by atoms with van der Waals surface area (Å²) in [6.07, 6.45) is 5.92. The van der Waals surface area contributed by atoms with Crippen molar-refractivity contribution >= 4 is 12.0 Å². The molecule has 0 bridgehead atoms. The van der Waals surface area contributed by atoms with E-state index < -0.39 is 5.97 Å². The first kappa shape index (κ1) is 12.8. The highest BCUT2D eigenvalue weighted by Crippen LogP contribution is 2.25. The highest BCUT2D eigenvalue weighted by molar-refractivity contribution is 5.85. The molecule has 0 saturated carbocycles. The number of carboxylic acid groups (broad SMARTS) is 1. The van der Waals surface area contributed by atoms with Gasteiger partial charge in [0, 0.05) is 12.3 Å². The molecule has 1 heterocycles. The Labute approximate surface area is 111 Å². The molecule has 0 aliphatic carbocycles. The molecule has 19 heavy (non-hydrogen) atoms. The molecule has 0 aliphatic heterocycles. The molecule has 0 spiro atoms. The standard InChI is InChI=1S/C15H13NO3/c1-11-4-5-12(6-7-15(17)18)9-14(11)19-13-3-2-8-16-10-13/h2-10H,1H3,(H,17,18)/b7-6+. The number of hydrogen-bond donors (Lipinski definition) is 1. The molecule has 1 aromatic heterocycles. The van der Waals surface area contributed by atoms with Crippen molar-refractivity contribution in [2.45, 2.75) is 6.92 Å². The first-order chi connectivity index (χ1) is 9.15. The summed E-state index contributed by atoms with van der Waals surface area (Å²) in [5.74, 6) is 0.348. The SMILES string of the molecule is Cc1ccc(/C=C/C(=O)O)cc1Oc1cccnc1. The number of carboxylic acids is 1. The van der Waals surface area contributed by atoms with Crippen LogP contribution in [0, 0.1) is 6.92 Å². The molecule has 0 fully saturated rings. The second kappa shape index (κ2) is 5.82. The van der Waals surface area contributed by atoms with Crippen LogP contribution in [0.5, 0.6) is 11.5 Å². The van der Waals surface area contributed by atoms with E-state index in [0.717, 1.165) is 17.2 Å². The third-order valence-corrected chi connectivity index (χ3v) is 2.49. The Morgan fingerprint density at radius 3 is 2.89 bits per heavy atom. The lowest BCUT2D eigenvalue weighted by Gasteiger charge is -2.09. The largest absolute Gasteiger partial charge is 0.478 e. The fraction of sp³-hybridized carbons (Fsp3) is 0.0667. The van der Waals surface area contributed by atoms with Crippen molar-refractivity contribution in [3.63, 3.8) is 0 Å². The van der Waals surface area contributed by atoms with Gasteiger partial charge in [-0.05, 0) is 42.3 Å². The maximum absolute atomic E-state index is 10.5. The van der Waals surface area contributed by atoms with E-state index in [9.17, 15) is 4.79 Å². The van der Waals surface area contributed by atoms with Crippen LogP contribution in [0.15, 0.2) is 48.8 Å². The highest BCUT2D eigenvalue weighted by atomic mass is 16.5. The molecule has 2 aromatic rings. The maximum Gasteiger partial charge on any atom is 0.328 e. The van der Waals surface area contributed by atoms with Crippen LogP contribution in [0.1, 0.15) is 11.1 Å². The smallest absolute Gasteiger partial charge is 0.328 e.